The summed E-state index contributed by atoms with van der Waals surface area (Å²) in [4.78, 5) is 12.2. The van der Waals surface area contributed by atoms with Crippen molar-refractivity contribution < 1.29 is 9.53 Å². The Morgan fingerprint density at radius 2 is 1.72 bits per heavy atom. The minimum atomic E-state index is -0.107. The molecule has 0 spiro atoms. The fraction of sp³-hybridized carbons (Fsp3) is 0.381. The summed E-state index contributed by atoms with van der Waals surface area (Å²) in [6.45, 7) is 6.45. The van der Waals surface area contributed by atoms with Gasteiger partial charge in [-0.15, -0.1) is 0 Å². The zero-order valence-corrected chi connectivity index (χ0v) is 15.5. The van der Waals surface area contributed by atoms with Crippen LogP contribution in [-0.4, -0.2) is 19.6 Å². The third-order valence-electron chi connectivity index (χ3n) is 4.44. The van der Waals surface area contributed by atoms with Gasteiger partial charge in [0.2, 0.25) is 5.91 Å². The number of carbonyl (C=O) groups is 1. The summed E-state index contributed by atoms with van der Waals surface area (Å²) in [5, 5.41) is 6.29. The Hall–Kier alpha value is -2.33. The number of amides is 1. The van der Waals surface area contributed by atoms with Gasteiger partial charge in [0.05, 0.1) is 19.7 Å². The van der Waals surface area contributed by atoms with E-state index in [0.717, 1.165) is 17.7 Å². The van der Waals surface area contributed by atoms with Crippen LogP contribution in [0.25, 0.3) is 0 Å². The molecule has 0 aliphatic rings. The van der Waals surface area contributed by atoms with Gasteiger partial charge in [-0.05, 0) is 37.5 Å². The fourth-order valence-corrected chi connectivity index (χ4v) is 2.80. The number of nitrogens with one attached hydrogen (secondary N) is 2. The van der Waals surface area contributed by atoms with E-state index in [1.54, 1.807) is 7.11 Å². The monoisotopic (exact) mass is 340 g/mol. The van der Waals surface area contributed by atoms with E-state index in [-0.39, 0.29) is 24.5 Å². The van der Waals surface area contributed by atoms with Crippen molar-refractivity contribution >= 4 is 5.91 Å². The van der Waals surface area contributed by atoms with Crippen molar-refractivity contribution in [2.24, 2.45) is 0 Å². The van der Waals surface area contributed by atoms with E-state index in [2.05, 4.69) is 48.7 Å². The first-order valence-corrected chi connectivity index (χ1v) is 8.79. The maximum atomic E-state index is 12.2. The van der Waals surface area contributed by atoms with E-state index in [4.69, 9.17) is 4.74 Å². The number of rotatable bonds is 8. The summed E-state index contributed by atoms with van der Waals surface area (Å²) >= 11 is 0. The molecular formula is C21H28N2O2. The third-order valence-corrected chi connectivity index (χ3v) is 4.44. The molecule has 25 heavy (non-hydrogen) atoms. The van der Waals surface area contributed by atoms with Gasteiger partial charge in [-0.2, -0.15) is 0 Å². The van der Waals surface area contributed by atoms with Crippen LogP contribution in [0, 0.1) is 0 Å². The highest BCUT2D eigenvalue weighted by Crippen LogP contribution is 2.24. The SMILES string of the molecule is CCc1ccc(C(C)NCC(=O)NC(C)c2ccccc2OC)cc1. The maximum Gasteiger partial charge on any atom is 0.234 e. The number of ether oxygens (including phenoxy) is 1. The second-order valence-corrected chi connectivity index (χ2v) is 6.23. The average Bonchev–Trinajstić information content (AvgIpc) is 2.66. The Morgan fingerprint density at radius 3 is 2.36 bits per heavy atom. The summed E-state index contributed by atoms with van der Waals surface area (Å²) in [5.74, 6) is 0.753. The summed E-state index contributed by atoms with van der Waals surface area (Å²) in [6.07, 6.45) is 1.03. The molecule has 2 atom stereocenters. The Kier molecular flexibility index (Phi) is 7.02. The van der Waals surface area contributed by atoms with Crippen molar-refractivity contribution in [3.63, 3.8) is 0 Å². The molecule has 0 aromatic heterocycles. The van der Waals surface area contributed by atoms with Gasteiger partial charge in [-0.1, -0.05) is 49.4 Å². The Bertz CT molecular complexity index is 683. The molecule has 4 heteroatoms. The van der Waals surface area contributed by atoms with Gasteiger partial charge in [0.25, 0.3) is 0 Å². The molecule has 0 fully saturated rings. The predicted molar refractivity (Wildman–Crippen MR) is 102 cm³/mol. The summed E-state index contributed by atoms with van der Waals surface area (Å²) in [7, 11) is 1.64. The van der Waals surface area contributed by atoms with Gasteiger partial charge < -0.3 is 15.4 Å². The molecule has 2 unspecified atom stereocenters. The van der Waals surface area contributed by atoms with Gasteiger partial charge in [-0.3, -0.25) is 4.79 Å². The minimum Gasteiger partial charge on any atom is -0.496 e. The topological polar surface area (TPSA) is 50.4 Å². The second kappa shape index (κ2) is 9.23. The van der Waals surface area contributed by atoms with Crippen molar-refractivity contribution in [3.8, 4) is 5.75 Å². The van der Waals surface area contributed by atoms with Gasteiger partial charge in [0.15, 0.2) is 0 Å². The molecule has 0 aliphatic carbocycles. The van der Waals surface area contributed by atoms with Crippen LogP contribution < -0.4 is 15.4 Å². The number of para-hydroxylation sites is 1. The number of carbonyl (C=O) groups excluding carboxylic acids is 1. The van der Waals surface area contributed by atoms with Crippen molar-refractivity contribution in [2.75, 3.05) is 13.7 Å². The number of hydrogen-bond acceptors (Lipinski definition) is 3. The van der Waals surface area contributed by atoms with Gasteiger partial charge in [0, 0.05) is 11.6 Å². The van der Waals surface area contributed by atoms with Crippen molar-refractivity contribution in [1.82, 2.24) is 10.6 Å². The minimum absolute atomic E-state index is 0.0320. The van der Waals surface area contributed by atoms with E-state index in [1.807, 2.05) is 31.2 Å². The van der Waals surface area contributed by atoms with E-state index in [1.165, 1.54) is 11.1 Å². The summed E-state index contributed by atoms with van der Waals surface area (Å²) in [5.41, 5.74) is 3.48. The quantitative estimate of drug-likeness (QED) is 0.769. The lowest BCUT2D eigenvalue weighted by Gasteiger charge is -2.19. The Morgan fingerprint density at radius 1 is 1.04 bits per heavy atom. The van der Waals surface area contributed by atoms with Crippen LogP contribution in [0.5, 0.6) is 5.75 Å². The molecule has 0 bridgehead atoms. The van der Waals surface area contributed by atoms with Crippen LogP contribution in [0.3, 0.4) is 0 Å². The van der Waals surface area contributed by atoms with E-state index < -0.39 is 0 Å². The zero-order chi connectivity index (χ0) is 18.2. The highest BCUT2D eigenvalue weighted by atomic mass is 16.5. The molecule has 134 valence electrons. The molecule has 2 aromatic rings. The largest absolute Gasteiger partial charge is 0.496 e. The van der Waals surface area contributed by atoms with Crippen LogP contribution in [0.2, 0.25) is 0 Å². The molecule has 2 aromatic carbocycles. The first-order chi connectivity index (χ1) is 12.0. The van der Waals surface area contributed by atoms with Crippen LogP contribution >= 0.6 is 0 Å². The fourth-order valence-electron chi connectivity index (χ4n) is 2.80. The molecule has 0 aliphatic heterocycles. The van der Waals surface area contributed by atoms with Crippen LogP contribution in [-0.2, 0) is 11.2 Å². The number of aryl methyl sites for hydroxylation is 1. The van der Waals surface area contributed by atoms with Crippen molar-refractivity contribution in [1.29, 1.82) is 0 Å². The average molecular weight is 340 g/mol. The lowest BCUT2D eigenvalue weighted by molar-refractivity contribution is -0.121. The van der Waals surface area contributed by atoms with Gasteiger partial charge in [0.1, 0.15) is 5.75 Å². The molecule has 0 saturated heterocycles. The van der Waals surface area contributed by atoms with Crippen LogP contribution in [0.1, 0.15) is 49.5 Å². The highest BCUT2D eigenvalue weighted by Gasteiger charge is 2.14. The third kappa shape index (κ3) is 5.33. The molecular weight excluding hydrogens is 312 g/mol. The predicted octanol–water partition coefficient (Wildman–Crippen LogP) is 3.79. The highest BCUT2D eigenvalue weighted by molar-refractivity contribution is 5.78. The first kappa shape index (κ1) is 19.0. The second-order valence-electron chi connectivity index (χ2n) is 6.23. The number of methoxy groups -OCH3 is 1. The van der Waals surface area contributed by atoms with Gasteiger partial charge in [-0.25, -0.2) is 0 Å². The lowest BCUT2D eigenvalue weighted by atomic mass is 10.0. The molecule has 0 heterocycles. The molecule has 0 saturated carbocycles. The number of hydrogen-bond donors (Lipinski definition) is 2. The van der Waals surface area contributed by atoms with Gasteiger partial charge >= 0.3 is 0 Å². The van der Waals surface area contributed by atoms with Crippen molar-refractivity contribution in [2.45, 2.75) is 39.3 Å². The number of benzene rings is 2. The van der Waals surface area contributed by atoms with Crippen LogP contribution in [0.15, 0.2) is 48.5 Å². The van der Waals surface area contributed by atoms with Crippen molar-refractivity contribution in [3.05, 3.63) is 65.2 Å². The zero-order valence-electron chi connectivity index (χ0n) is 15.5. The standard InChI is InChI=1S/C21H28N2O2/c1-5-17-10-12-18(13-11-17)15(2)22-14-21(24)23-16(3)19-8-6-7-9-20(19)25-4/h6-13,15-16,22H,5,14H2,1-4H3,(H,23,24). The normalized spacial score (nSPS) is 13.1. The molecule has 0 radical (unpaired) electrons. The van der Waals surface area contributed by atoms with E-state index >= 15 is 0 Å². The summed E-state index contributed by atoms with van der Waals surface area (Å²) < 4.78 is 5.36. The Labute approximate surface area is 150 Å². The molecule has 4 nitrogen and oxygen atoms in total. The Balaban J connectivity index is 1.87. The maximum absolute atomic E-state index is 12.2. The molecule has 1 amide bonds. The van der Waals surface area contributed by atoms with E-state index in [0.29, 0.717) is 0 Å². The smallest absolute Gasteiger partial charge is 0.234 e. The molecule has 2 rings (SSSR count). The molecule has 2 N–H and O–H groups in total. The lowest BCUT2D eigenvalue weighted by Crippen LogP contribution is -2.36. The van der Waals surface area contributed by atoms with Crippen LogP contribution in [0.4, 0.5) is 0 Å². The van der Waals surface area contributed by atoms with E-state index in [9.17, 15) is 4.79 Å². The summed E-state index contributed by atoms with van der Waals surface area (Å²) in [6, 6.07) is 16.3. The first-order valence-electron chi connectivity index (χ1n) is 8.79.